The number of H-pyrrole nitrogens is 1. The summed E-state index contributed by atoms with van der Waals surface area (Å²) in [7, 11) is 0. The normalized spacial score (nSPS) is 28.6. The van der Waals surface area contributed by atoms with Crippen LogP contribution in [0.15, 0.2) is 12.1 Å². The van der Waals surface area contributed by atoms with Gasteiger partial charge in [0.2, 0.25) is 5.91 Å². The van der Waals surface area contributed by atoms with Crippen molar-refractivity contribution in [2.45, 2.75) is 83.0 Å². The minimum absolute atomic E-state index is 0.0529. The zero-order valence-electron chi connectivity index (χ0n) is 24.9. The van der Waals surface area contributed by atoms with E-state index in [-0.39, 0.29) is 42.3 Å². The number of phenols is 1. The molecule has 4 aliphatic rings. The molecule has 3 aliphatic heterocycles. The average Bonchev–Trinajstić information content (AvgIpc) is 3.61. The highest BCUT2D eigenvalue weighted by Gasteiger charge is 2.44. The van der Waals surface area contributed by atoms with E-state index in [4.69, 9.17) is 4.98 Å². The number of aliphatic hydroxyl groups is 1. The van der Waals surface area contributed by atoms with Gasteiger partial charge in [0.15, 0.2) is 11.6 Å². The minimum Gasteiger partial charge on any atom is -0.505 e. The molecule has 5 atom stereocenters. The van der Waals surface area contributed by atoms with Crippen molar-refractivity contribution in [2.24, 2.45) is 5.92 Å². The van der Waals surface area contributed by atoms with Crippen molar-refractivity contribution in [3.63, 3.8) is 0 Å². The predicted molar refractivity (Wildman–Crippen MR) is 157 cm³/mol. The third-order valence-electron chi connectivity index (χ3n) is 10.0. The van der Waals surface area contributed by atoms with Crippen LogP contribution >= 0.6 is 0 Å². The first-order chi connectivity index (χ1) is 20.4. The summed E-state index contributed by atoms with van der Waals surface area (Å²) < 4.78 is 14.3. The fourth-order valence-electron chi connectivity index (χ4n) is 7.77. The summed E-state index contributed by atoms with van der Waals surface area (Å²) in [6, 6.07) is 3.22. The lowest BCUT2D eigenvalue weighted by Crippen LogP contribution is -2.56. The fraction of sp³-hybridized carbons (Fsp3) is 0.677. The Labute approximate surface area is 247 Å². The van der Waals surface area contributed by atoms with E-state index in [9.17, 15) is 19.4 Å². The quantitative estimate of drug-likeness (QED) is 0.321. The number of fused-ring (bicyclic) bond motifs is 2. The fourth-order valence-corrected chi connectivity index (χ4v) is 7.77. The van der Waals surface area contributed by atoms with Crippen LogP contribution in [0.4, 0.5) is 4.39 Å². The van der Waals surface area contributed by atoms with E-state index in [0.717, 1.165) is 80.1 Å². The molecule has 10 nitrogen and oxygen atoms in total. The predicted octanol–water partition coefficient (Wildman–Crippen LogP) is 2.19. The Morgan fingerprint density at radius 1 is 1.12 bits per heavy atom. The monoisotopic (exact) mass is 583 g/mol. The van der Waals surface area contributed by atoms with Gasteiger partial charge in [0.1, 0.15) is 5.82 Å². The van der Waals surface area contributed by atoms with Gasteiger partial charge in [-0.25, -0.2) is 14.8 Å². The zero-order chi connectivity index (χ0) is 29.4. The Kier molecular flexibility index (Phi) is 8.83. The van der Waals surface area contributed by atoms with Gasteiger partial charge in [-0.15, -0.1) is 0 Å². The number of imidazole rings is 1. The summed E-state index contributed by atoms with van der Waals surface area (Å²) in [5, 5.41) is 19.1. The molecule has 0 spiro atoms. The van der Waals surface area contributed by atoms with Gasteiger partial charge in [-0.2, -0.15) is 0 Å². The van der Waals surface area contributed by atoms with Crippen molar-refractivity contribution in [1.29, 1.82) is 0 Å². The highest BCUT2D eigenvalue weighted by molar-refractivity contribution is 5.82. The maximum absolute atomic E-state index is 14.3. The summed E-state index contributed by atoms with van der Waals surface area (Å²) in [4.78, 5) is 29.0. The van der Waals surface area contributed by atoms with E-state index < -0.39 is 5.82 Å². The topological polar surface area (TPSA) is 120 Å². The molecule has 3 fully saturated rings. The molecule has 0 radical (unpaired) electrons. The second-order valence-corrected chi connectivity index (χ2v) is 12.5. The standard InChI is InChI=1S/C31H46FN7O3/c1-3-7-39-18-26-25(17-27(39)31(42)38-10-8-37(9-11-38)12-13-40)33-30(34-26)29-21-6-5-20(14-24(21)35-36-29)22-16-23(32)28(41)15-19(22)4-2/h15-16,20-21,24,27,29,35-36,40-41H,3-14,17-18H2,1-2H3,(H,33,34)/t20?,21?,24?,27-,29?/m0/s1. The van der Waals surface area contributed by atoms with Crippen molar-refractivity contribution in [2.75, 3.05) is 45.9 Å². The second-order valence-electron chi connectivity index (χ2n) is 12.5. The third kappa shape index (κ3) is 5.69. The molecular weight excluding hydrogens is 537 g/mol. The number of nitrogens with zero attached hydrogens (tertiary/aromatic N) is 4. The summed E-state index contributed by atoms with van der Waals surface area (Å²) in [6.45, 7) is 9.57. The Hall–Kier alpha value is -2.57. The highest BCUT2D eigenvalue weighted by atomic mass is 19.1. The number of aromatic hydroxyl groups is 1. The summed E-state index contributed by atoms with van der Waals surface area (Å²) in [6.07, 6.45) is 5.21. The molecule has 1 saturated carbocycles. The molecule has 5 N–H and O–H groups in total. The van der Waals surface area contributed by atoms with Crippen LogP contribution in [-0.2, 0) is 24.2 Å². The van der Waals surface area contributed by atoms with Gasteiger partial charge in [0.25, 0.3) is 0 Å². The van der Waals surface area contributed by atoms with E-state index in [1.54, 1.807) is 6.07 Å². The number of hydrogen-bond acceptors (Lipinski definition) is 8. The molecule has 11 heteroatoms. The first kappa shape index (κ1) is 29.5. The maximum Gasteiger partial charge on any atom is 0.240 e. The number of rotatable bonds is 8. The number of hydrogen-bond donors (Lipinski definition) is 5. The van der Waals surface area contributed by atoms with Gasteiger partial charge in [0, 0.05) is 51.7 Å². The molecule has 6 rings (SSSR count). The Bertz CT molecular complexity index is 1260. The first-order valence-electron chi connectivity index (χ1n) is 15.9. The van der Waals surface area contributed by atoms with Crippen LogP contribution in [0.2, 0.25) is 0 Å². The number of phenolic OH excluding ortho intramolecular Hbond substituents is 1. The largest absolute Gasteiger partial charge is 0.505 e. The summed E-state index contributed by atoms with van der Waals surface area (Å²) >= 11 is 0. The van der Waals surface area contributed by atoms with Crippen molar-refractivity contribution in [1.82, 2.24) is 35.5 Å². The van der Waals surface area contributed by atoms with Gasteiger partial charge in [0.05, 0.1) is 30.1 Å². The van der Waals surface area contributed by atoms with E-state index in [0.29, 0.717) is 38.5 Å². The molecule has 1 aromatic heterocycles. The maximum atomic E-state index is 14.3. The minimum atomic E-state index is -0.543. The SMILES string of the molecule is CCCN1Cc2[nH]c(C3NNC4CC(c5cc(F)c(O)cc5CC)CCC43)nc2C[C@H]1C(=O)N1CCN(CCO)CC1. The molecule has 230 valence electrons. The number of halogens is 1. The van der Waals surface area contributed by atoms with Crippen LogP contribution in [0.5, 0.6) is 5.75 Å². The number of aromatic nitrogens is 2. The summed E-state index contributed by atoms with van der Waals surface area (Å²) in [5.74, 6) is 0.922. The number of aromatic amines is 1. The smallest absolute Gasteiger partial charge is 0.240 e. The van der Waals surface area contributed by atoms with Crippen LogP contribution in [0.1, 0.15) is 79.8 Å². The molecule has 4 heterocycles. The van der Waals surface area contributed by atoms with Crippen LogP contribution < -0.4 is 10.9 Å². The lowest BCUT2D eigenvalue weighted by molar-refractivity contribution is -0.139. The van der Waals surface area contributed by atoms with Crippen LogP contribution in [0.25, 0.3) is 0 Å². The summed E-state index contributed by atoms with van der Waals surface area (Å²) in [5.41, 5.74) is 11.2. The van der Waals surface area contributed by atoms with Crippen molar-refractivity contribution < 1.29 is 19.4 Å². The van der Waals surface area contributed by atoms with E-state index >= 15 is 0 Å². The van der Waals surface area contributed by atoms with Gasteiger partial charge >= 0.3 is 0 Å². The van der Waals surface area contributed by atoms with Gasteiger partial charge in [-0.3, -0.25) is 20.0 Å². The molecule has 2 saturated heterocycles. The van der Waals surface area contributed by atoms with Crippen LogP contribution in [0, 0.1) is 11.7 Å². The van der Waals surface area contributed by atoms with Crippen LogP contribution in [-0.4, -0.2) is 98.7 Å². The van der Waals surface area contributed by atoms with E-state index in [1.165, 1.54) is 6.07 Å². The first-order valence-corrected chi connectivity index (χ1v) is 15.9. The molecule has 4 unspecified atom stereocenters. The number of piperazine rings is 1. The number of aliphatic hydroxyl groups excluding tert-OH is 1. The molecular formula is C31H46FN7O3. The molecule has 1 aliphatic carbocycles. The highest BCUT2D eigenvalue weighted by Crippen LogP contribution is 2.44. The van der Waals surface area contributed by atoms with Crippen molar-refractivity contribution in [3.05, 3.63) is 46.3 Å². The Morgan fingerprint density at radius 2 is 1.93 bits per heavy atom. The number of nitrogens with one attached hydrogen (secondary N) is 3. The zero-order valence-corrected chi connectivity index (χ0v) is 24.9. The van der Waals surface area contributed by atoms with Crippen molar-refractivity contribution >= 4 is 5.91 Å². The Morgan fingerprint density at radius 3 is 2.67 bits per heavy atom. The van der Waals surface area contributed by atoms with E-state index in [2.05, 4.69) is 32.6 Å². The number of carbonyl (C=O) groups is 1. The number of benzene rings is 1. The van der Waals surface area contributed by atoms with Gasteiger partial charge < -0.3 is 20.1 Å². The second kappa shape index (κ2) is 12.6. The number of amides is 1. The van der Waals surface area contributed by atoms with Crippen LogP contribution in [0.3, 0.4) is 0 Å². The lowest BCUT2D eigenvalue weighted by Gasteiger charge is -2.40. The molecule has 1 aromatic carbocycles. The number of hydrazine groups is 1. The van der Waals surface area contributed by atoms with Gasteiger partial charge in [-0.1, -0.05) is 13.8 Å². The third-order valence-corrected chi connectivity index (χ3v) is 10.0. The molecule has 2 aromatic rings. The van der Waals surface area contributed by atoms with E-state index in [1.807, 2.05) is 11.8 Å². The number of carbonyl (C=O) groups excluding carboxylic acids is 1. The van der Waals surface area contributed by atoms with Gasteiger partial charge in [-0.05, 0) is 73.7 Å². The molecule has 0 bridgehead atoms. The average molecular weight is 584 g/mol. The molecule has 1 amide bonds. The number of β-amino-alcohol motifs (C(OH)–C–C–N with tert-alkyl or cyclic N) is 1. The Balaban J connectivity index is 1.14. The van der Waals surface area contributed by atoms with Crippen molar-refractivity contribution in [3.8, 4) is 5.75 Å². The number of aryl methyl sites for hydroxylation is 1. The molecule has 42 heavy (non-hydrogen) atoms. The lowest BCUT2D eigenvalue weighted by atomic mass is 9.73.